The van der Waals surface area contributed by atoms with Gasteiger partial charge in [-0.1, -0.05) is 26.2 Å². The van der Waals surface area contributed by atoms with Crippen molar-refractivity contribution in [2.24, 2.45) is 5.92 Å². The van der Waals surface area contributed by atoms with Crippen molar-refractivity contribution in [1.29, 1.82) is 0 Å². The molecule has 2 N–H and O–H groups in total. The third-order valence-electron chi connectivity index (χ3n) is 4.07. The van der Waals surface area contributed by atoms with Crippen LogP contribution in [0.2, 0.25) is 0 Å². The number of hydrogen-bond donors (Lipinski definition) is 2. The quantitative estimate of drug-likeness (QED) is 0.703. The zero-order chi connectivity index (χ0) is 11.4. The van der Waals surface area contributed by atoms with Crippen molar-refractivity contribution in [2.45, 2.75) is 64.0 Å². The number of rotatable bonds is 2. The third-order valence-corrected chi connectivity index (χ3v) is 4.07. The Bertz CT molecular complexity index is 236. The summed E-state index contributed by atoms with van der Waals surface area (Å²) in [6.45, 7) is 3.27. The molecule has 2 fully saturated rings. The van der Waals surface area contributed by atoms with Crippen LogP contribution in [0.3, 0.4) is 0 Å². The van der Waals surface area contributed by atoms with Crippen LogP contribution < -0.4 is 10.6 Å². The molecule has 0 aromatic carbocycles. The highest BCUT2D eigenvalue weighted by atomic mass is 16.2. The van der Waals surface area contributed by atoms with Crippen LogP contribution in [0.5, 0.6) is 0 Å². The van der Waals surface area contributed by atoms with E-state index in [0.717, 1.165) is 19.4 Å². The first kappa shape index (κ1) is 11.9. The van der Waals surface area contributed by atoms with E-state index in [2.05, 4.69) is 17.6 Å². The lowest BCUT2D eigenvalue weighted by Crippen LogP contribution is -2.47. The van der Waals surface area contributed by atoms with E-state index < -0.39 is 0 Å². The fourth-order valence-electron chi connectivity index (χ4n) is 2.90. The maximum atomic E-state index is 12.0. The first-order valence-corrected chi connectivity index (χ1v) is 6.81. The zero-order valence-corrected chi connectivity index (χ0v) is 10.3. The third kappa shape index (κ3) is 2.97. The van der Waals surface area contributed by atoms with Crippen molar-refractivity contribution < 1.29 is 4.79 Å². The molecule has 3 nitrogen and oxygen atoms in total. The molecule has 0 aromatic heterocycles. The van der Waals surface area contributed by atoms with Crippen LogP contribution in [0.1, 0.15) is 51.9 Å². The lowest BCUT2D eigenvalue weighted by atomic mass is 9.96. The minimum atomic E-state index is 0.0791. The fourth-order valence-corrected chi connectivity index (χ4v) is 2.90. The topological polar surface area (TPSA) is 41.1 Å². The molecule has 92 valence electrons. The number of carbonyl (C=O) groups excluding carboxylic acids is 1. The van der Waals surface area contributed by atoms with Crippen molar-refractivity contribution in [2.75, 3.05) is 6.54 Å². The second-order valence-electron chi connectivity index (χ2n) is 5.38. The number of nitrogens with one attached hydrogen (secondary N) is 2. The average Bonchev–Trinajstić information content (AvgIpc) is 2.73. The molecule has 0 spiro atoms. The number of hydrogen-bond acceptors (Lipinski definition) is 2. The predicted octanol–water partition coefficient (Wildman–Crippen LogP) is 1.82. The zero-order valence-electron chi connectivity index (χ0n) is 10.3. The van der Waals surface area contributed by atoms with Crippen LogP contribution in [0.4, 0.5) is 0 Å². The maximum Gasteiger partial charge on any atom is 0.237 e. The van der Waals surface area contributed by atoms with E-state index in [1.54, 1.807) is 0 Å². The molecule has 2 rings (SSSR count). The smallest absolute Gasteiger partial charge is 0.237 e. The minimum absolute atomic E-state index is 0.0791. The summed E-state index contributed by atoms with van der Waals surface area (Å²) in [6.07, 6.45) is 8.51. The first-order valence-electron chi connectivity index (χ1n) is 6.81. The van der Waals surface area contributed by atoms with Gasteiger partial charge in [-0.2, -0.15) is 0 Å². The summed E-state index contributed by atoms with van der Waals surface area (Å²) in [4.78, 5) is 12.0. The Morgan fingerprint density at radius 3 is 2.69 bits per heavy atom. The Morgan fingerprint density at radius 2 is 1.94 bits per heavy atom. The summed E-state index contributed by atoms with van der Waals surface area (Å²) in [5.74, 6) is 0.879. The number of amides is 1. The van der Waals surface area contributed by atoms with E-state index in [0.29, 0.717) is 12.0 Å². The van der Waals surface area contributed by atoms with Crippen molar-refractivity contribution in [3.05, 3.63) is 0 Å². The number of carbonyl (C=O) groups is 1. The van der Waals surface area contributed by atoms with Crippen LogP contribution in [0.25, 0.3) is 0 Å². The Kier molecular flexibility index (Phi) is 4.22. The minimum Gasteiger partial charge on any atom is -0.352 e. The van der Waals surface area contributed by atoms with Gasteiger partial charge in [0.05, 0.1) is 6.04 Å². The molecule has 1 amide bonds. The van der Waals surface area contributed by atoms with E-state index in [-0.39, 0.29) is 11.9 Å². The van der Waals surface area contributed by atoms with Gasteiger partial charge in [0.15, 0.2) is 0 Å². The van der Waals surface area contributed by atoms with Crippen molar-refractivity contribution in [3.63, 3.8) is 0 Å². The van der Waals surface area contributed by atoms with Gasteiger partial charge in [-0.25, -0.2) is 0 Å². The first-order chi connectivity index (χ1) is 7.77. The predicted molar refractivity (Wildman–Crippen MR) is 65.2 cm³/mol. The molecule has 1 heterocycles. The molecule has 2 aliphatic rings. The standard InChI is InChI=1S/C13H24N2O/c1-10-6-3-2-4-7-11(10)15-13(16)12-8-5-9-14-12/h10-12,14H,2-9H2,1H3,(H,15,16)/t10?,11?,12-/m0/s1. The van der Waals surface area contributed by atoms with Gasteiger partial charge >= 0.3 is 0 Å². The van der Waals surface area contributed by atoms with Gasteiger partial charge in [-0.15, -0.1) is 0 Å². The molecular weight excluding hydrogens is 200 g/mol. The van der Waals surface area contributed by atoms with Gasteiger partial charge in [0, 0.05) is 6.04 Å². The fraction of sp³-hybridized carbons (Fsp3) is 0.923. The summed E-state index contributed by atoms with van der Waals surface area (Å²) in [5, 5.41) is 6.51. The van der Waals surface area contributed by atoms with Crippen molar-refractivity contribution >= 4 is 5.91 Å². The molecule has 2 unspecified atom stereocenters. The van der Waals surface area contributed by atoms with Crippen LogP contribution in [0.15, 0.2) is 0 Å². The SMILES string of the molecule is CC1CCCCCC1NC(=O)[C@@H]1CCCN1. The van der Waals surface area contributed by atoms with E-state index in [1.165, 1.54) is 32.1 Å². The van der Waals surface area contributed by atoms with Crippen LogP contribution >= 0.6 is 0 Å². The van der Waals surface area contributed by atoms with Crippen LogP contribution in [-0.4, -0.2) is 24.5 Å². The van der Waals surface area contributed by atoms with Gasteiger partial charge in [-0.05, 0) is 38.1 Å². The Hall–Kier alpha value is -0.570. The van der Waals surface area contributed by atoms with E-state index in [1.807, 2.05) is 0 Å². The Morgan fingerprint density at radius 1 is 1.12 bits per heavy atom. The summed E-state index contributed by atoms with van der Waals surface area (Å²) < 4.78 is 0. The largest absolute Gasteiger partial charge is 0.352 e. The summed E-state index contributed by atoms with van der Waals surface area (Å²) in [7, 11) is 0. The van der Waals surface area contributed by atoms with Crippen LogP contribution in [-0.2, 0) is 4.79 Å². The average molecular weight is 224 g/mol. The van der Waals surface area contributed by atoms with Gasteiger partial charge in [0.2, 0.25) is 5.91 Å². The van der Waals surface area contributed by atoms with E-state index in [9.17, 15) is 4.79 Å². The van der Waals surface area contributed by atoms with Gasteiger partial charge in [0.1, 0.15) is 0 Å². The highest BCUT2D eigenvalue weighted by Crippen LogP contribution is 2.23. The molecule has 1 saturated heterocycles. The highest BCUT2D eigenvalue weighted by Gasteiger charge is 2.26. The monoisotopic (exact) mass is 224 g/mol. The summed E-state index contributed by atoms with van der Waals surface area (Å²) >= 11 is 0. The Labute approximate surface area is 98.4 Å². The van der Waals surface area contributed by atoms with E-state index in [4.69, 9.17) is 0 Å². The molecule has 1 saturated carbocycles. The maximum absolute atomic E-state index is 12.0. The van der Waals surface area contributed by atoms with Gasteiger partial charge in [0.25, 0.3) is 0 Å². The normalized spacial score (nSPS) is 35.7. The highest BCUT2D eigenvalue weighted by molar-refractivity contribution is 5.82. The Balaban J connectivity index is 1.84. The summed E-state index contributed by atoms with van der Waals surface area (Å²) in [6, 6.07) is 0.493. The molecule has 16 heavy (non-hydrogen) atoms. The molecule has 0 aromatic rings. The van der Waals surface area contributed by atoms with E-state index >= 15 is 0 Å². The lowest BCUT2D eigenvalue weighted by molar-refractivity contribution is -0.123. The van der Waals surface area contributed by atoms with Gasteiger partial charge in [-0.3, -0.25) is 4.79 Å². The molecule has 1 aliphatic heterocycles. The van der Waals surface area contributed by atoms with Gasteiger partial charge < -0.3 is 10.6 Å². The van der Waals surface area contributed by atoms with Crippen molar-refractivity contribution in [1.82, 2.24) is 10.6 Å². The molecule has 0 bridgehead atoms. The van der Waals surface area contributed by atoms with Crippen molar-refractivity contribution in [3.8, 4) is 0 Å². The molecule has 1 aliphatic carbocycles. The van der Waals surface area contributed by atoms with Crippen LogP contribution in [0, 0.1) is 5.92 Å². The molecule has 0 radical (unpaired) electrons. The molecule has 3 atom stereocenters. The second-order valence-corrected chi connectivity index (χ2v) is 5.38. The molecule has 3 heteroatoms. The summed E-state index contributed by atoms with van der Waals surface area (Å²) in [5.41, 5.74) is 0. The lowest BCUT2D eigenvalue weighted by Gasteiger charge is -2.24. The second kappa shape index (κ2) is 5.67. The molecular formula is C13H24N2O.